The first-order chi connectivity index (χ1) is 10.8. The number of amides is 1. The molecule has 7 heteroatoms. The summed E-state index contributed by atoms with van der Waals surface area (Å²) in [5.74, 6) is 0.947. The maximum Gasteiger partial charge on any atom is 0.230 e. The van der Waals surface area contributed by atoms with E-state index in [0.29, 0.717) is 11.0 Å². The van der Waals surface area contributed by atoms with Crippen molar-refractivity contribution in [3.05, 3.63) is 30.1 Å². The monoisotopic (exact) mass is 329 g/mol. The molecule has 3 rings (SSSR count). The highest BCUT2D eigenvalue weighted by atomic mass is 32.2. The van der Waals surface area contributed by atoms with Gasteiger partial charge < -0.3 is 5.32 Å². The number of nitrogens with one attached hydrogen (secondary N) is 1. The summed E-state index contributed by atoms with van der Waals surface area (Å²) in [6.07, 6.45) is 0. The van der Waals surface area contributed by atoms with Crippen molar-refractivity contribution >= 4 is 34.2 Å². The van der Waals surface area contributed by atoms with Crippen molar-refractivity contribution in [1.82, 2.24) is 24.9 Å². The Morgan fingerprint density at radius 3 is 2.74 bits per heavy atom. The molecule has 0 atom stereocenters. The average molecular weight is 329 g/mol. The van der Waals surface area contributed by atoms with Gasteiger partial charge in [0.15, 0.2) is 10.8 Å². The number of benzene rings is 1. The molecule has 3 aromatic rings. The van der Waals surface area contributed by atoms with Crippen LogP contribution >= 0.6 is 11.8 Å². The fourth-order valence-corrected chi connectivity index (χ4v) is 3.06. The molecule has 2 aromatic heterocycles. The molecule has 1 N–H and O–H groups in total. The van der Waals surface area contributed by atoms with Crippen LogP contribution in [0.25, 0.3) is 16.6 Å². The summed E-state index contributed by atoms with van der Waals surface area (Å²) in [6.45, 7) is 7.73. The lowest BCUT2D eigenvalue weighted by Crippen LogP contribution is -2.41. The molecule has 0 unspecified atom stereocenters. The molecule has 120 valence electrons. The van der Waals surface area contributed by atoms with Crippen LogP contribution in [0, 0.1) is 6.92 Å². The minimum absolute atomic E-state index is 0.0255. The van der Waals surface area contributed by atoms with Crippen LogP contribution in [0.3, 0.4) is 0 Å². The number of hydrogen-bond acceptors (Lipinski definition) is 5. The molecule has 1 aromatic carbocycles. The van der Waals surface area contributed by atoms with E-state index in [1.165, 1.54) is 11.8 Å². The number of hydrogen-bond donors (Lipinski definition) is 1. The first kappa shape index (κ1) is 15.7. The van der Waals surface area contributed by atoms with Gasteiger partial charge in [0.1, 0.15) is 5.82 Å². The molecule has 0 saturated heterocycles. The van der Waals surface area contributed by atoms with Crippen molar-refractivity contribution < 1.29 is 4.79 Å². The van der Waals surface area contributed by atoms with Gasteiger partial charge in [0.25, 0.3) is 0 Å². The zero-order valence-corrected chi connectivity index (χ0v) is 14.4. The number of aromatic nitrogens is 4. The number of carbonyl (C=O) groups excluding carboxylic acids is 1. The van der Waals surface area contributed by atoms with Gasteiger partial charge in [-0.2, -0.15) is 4.52 Å². The molecular weight excluding hydrogens is 310 g/mol. The fraction of sp³-hybridized carbons (Fsp3) is 0.375. The van der Waals surface area contributed by atoms with Gasteiger partial charge in [0.2, 0.25) is 5.91 Å². The summed E-state index contributed by atoms with van der Waals surface area (Å²) < 4.78 is 1.71. The summed E-state index contributed by atoms with van der Waals surface area (Å²) in [6, 6.07) is 7.82. The Kier molecular flexibility index (Phi) is 3.97. The lowest BCUT2D eigenvalue weighted by atomic mass is 10.1. The molecule has 2 heterocycles. The van der Waals surface area contributed by atoms with E-state index in [2.05, 4.69) is 20.4 Å². The quantitative estimate of drug-likeness (QED) is 0.591. The molecule has 6 nitrogen and oxygen atoms in total. The Labute approximate surface area is 138 Å². The van der Waals surface area contributed by atoms with Crippen molar-refractivity contribution in [2.45, 2.75) is 38.4 Å². The highest BCUT2D eigenvalue weighted by molar-refractivity contribution is 7.99. The van der Waals surface area contributed by atoms with Gasteiger partial charge in [0.05, 0.1) is 11.3 Å². The van der Waals surface area contributed by atoms with E-state index in [-0.39, 0.29) is 17.2 Å². The second-order valence-electron chi connectivity index (χ2n) is 6.39. The molecule has 0 aliphatic carbocycles. The number of rotatable bonds is 3. The fourth-order valence-electron chi connectivity index (χ4n) is 2.31. The van der Waals surface area contributed by atoms with E-state index >= 15 is 0 Å². The van der Waals surface area contributed by atoms with Crippen LogP contribution in [-0.4, -0.2) is 36.8 Å². The molecule has 0 bridgehead atoms. The van der Waals surface area contributed by atoms with Crippen molar-refractivity contribution in [2.24, 2.45) is 0 Å². The van der Waals surface area contributed by atoms with Gasteiger partial charge in [-0.25, -0.2) is 9.97 Å². The van der Waals surface area contributed by atoms with E-state index in [1.807, 2.05) is 52.0 Å². The summed E-state index contributed by atoms with van der Waals surface area (Å²) >= 11 is 1.36. The standard InChI is InChI=1S/C16H19N5OS/c1-10-17-14-11-7-5-6-8-12(11)18-15(21(14)20-10)23-9-13(22)19-16(2,3)4/h5-8H,9H2,1-4H3,(H,19,22). The number of fused-ring (bicyclic) bond motifs is 3. The van der Waals surface area contributed by atoms with Crippen LogP contribution < -0.4 is 5.32 Å². The van der Waals surface area contributed by atoms with Gasteiger partial charge in [0, 0.05) is 10.9 Å². The van der Waals surface area contributed by atoms with Gasteiger partial charge in [-0.3, -0.25) is 4.79 Å². The SMILES string of the molecule is Cc1nc2c3ccccc3nc(SCC(=O)NC(C)(C)C)n2n1. The van der Waals surface area contributed by atoms with Crippen molar-refractivity contribution in [3.63, 3.8) is 0 Å². The molecule has 0 radical (unpaired) electrons. The zero-order chi connectivity index (χ0) is 16.6. The van der Waals surface area contributed by atoms with Gasteiger partial charge >= 0.3 is 0 Å². The number of para-hydroxylation sites is 1. The van der Waals surface area contributed by atoms with Crippen LogP contribution in [0.1, 0.15) is 26.6 Å². The van der Waals surface area contributed by atoms with E-state index in [4.69, 9.17) is 0 Å². The molecule has 0 aliphatic heterocycles. The Morgan fingerprint density at radius 2 is 2.00 bits per heavy atom. The Hall–Kier alpha value is -2.15. The Bertz CT molecular complexity index is 881. The van der Waals surface area contributed by atoms with Crippen LogP contribution in [0.4, 0.5) is 0 Å². The summed E-state index contributed by atoms with van der Waals surface area (Å²) in [7, 11) is 0. The smallest absolute Gasteiger partial charge is 0.230 e. The number of carbonyl (C=O) groups is 1. The van der Waals surface area contributed by atoms with E-state index < -0.39 is 0 Å². The van der Waals surface area contributed by atoms with Crippen LogP contribution in [-0.2, 0) is 4.79 Å². The predicted octanol–water partition coefficient (Wildman–Crippen LogP) is 2.59. The molecule has 0 fully saturated rings. The van der Waals surface area contributed by atoms with Crippen LogP contribution in [0.5, 0.6) is 0 Å². The third-order valence-corrected chi connectivity index (χ3v) is 4.03. The summed E-state index contributed by atoms with van der Waals surface area (Å²) in [5, 5.41) is 8.98. The molecule has 0 spiro atoms. The maximum atomic E-state index is 12.0. The van der Waals surface area contributed by atoms with Crippen molar-refractivity contribution in [2.75, 3.05) is 5.75 Å². The van der Waals surface area contributed by atoms with Gasteiger partial charge in [-0.05, 0) is 39.8 Å². The number of thioether (sulfide) groups is 1. The second kappa shape index (κ2) is 5.81. The zero-order valence-electron chi connectivity index (χ0n) is 13.6. The lowest BCUT2D eigenvalue weighted by Gasteiger charge is -2.20. The van der Waals surface area contributed by atoms with E-state index in [1.54, 1.807) is 4.52 Å². The first-order valence-electron chi connectivity index (χ1n) is 7.39. The molecular formula is C16H19N5OS. The summed E-state index contributed by atoms with van der Waals surface area (Å²) in [5.41, 5.74) is 1.38. The molecule has 0 saturated carbocycles. The number of nitrogens with zero attached hydrogens (tertiary/aromatic N) is 4. The van der Waals surface area contributed by atoms with Crippen molar-refractivity contribution in [3.8, 4) is 0 Å². The van der Waals surface area contributed by atoms with E-state index in [9.17, 15) is 4.79 Å². The number of aryl methyl sites for hydroxylation is 1. The lowest BCUT2D eigenvalue weighted by molar-refractivity contribution is -0.119. The largest absolute Gasteiger partial charge is 0.351 e. The van der Waals surface area contributed by atoms with Gasteiger partial charge in [-0.1, -0.05) is 23.9 Å². The minimum atomic E-state index is -0.242. The Balaban J connectivity index is 1.95. The van der Waals surface area contributed by atoms with E-state index in [0.717, 1.165) is 16.6 Å². The maximum absolute atomic E-state index is 12.0. The third-order valence-electron chi connectivity index (χ3n) is 3.10. The molecule has 23 heavy (non-hydrogen) atoms. The van der Waals surface area contributed by atoms with Crippen LogP contribution in [0.2, 0.25) is 0 Å². The van der Waals surface area contributed by atoms with Crippen LogP contribution in [0.15, 0.2) is 29.4 Å². The highest BCUT2D eigenvalue weighted by Crippen LogP contribution is 2.23. The normalized spacial score (nSPS) is 12.0. The topological polar surface area (TPSA) is 72.2 Å². The second-order valence-corrected chi connectivity index (χ2v) is 7.34. The summed E-state index contributed by atoms with van der Waals surface area (Å²) in [4.78, 5) is 21.1. The molecule has 0 aliphatic rings. The third kappa shape index (κ3) is 3.44. The average Bonchev–Trinajstić information content (AvgIpc) is 2.85. The highest BCUT2D eigenvalue weighted by Gasteiger charge is 2.16. The van der Waals surface area contributed by atoms with Gasteiger partial charge in [-0.15, -0.1) is 5.10 Å². The first-order valence-corrected chi connectivity index (χ1v) is 8.38. The Morgan fingerprint density at radius 1 is 1.26 bits per heavy atom. The van der Waals surface area contributed by atoms with Crippen molar-refractivity contribution in [1.29, 1.82) is 0 Å². The molecule has 1 amide bonds. The minimum Gasteiger partial charge on any atom is -0.351 e. The predicted molar refractivity (Wildman–Crippen MR) is 91.6 cm³/mol.